The van der Waals surface area contributed by atoms with Crippen LogP contribution < -0.4 is 5.73 Å². The number of nitrogen functional groups attached to an aromatic ring is 1. The molecule has 2 rings (SSSR count). The molecule has 1 nitrogen and oxygen atoms in total. The molecule has 0 heterocycles. The van der Waals surface area contributed by atoms with Gasteiger partial charge in [-0.05, 0) is 29.8 Å². The van der Waals surface area contributed by atoms with E-state index in [4.69, 9.17) is 5.73 Å². The zero-order chi connectivity index (χ0) is 11.4. The molecule has 0 bridgehead atoms. The third kappa shape index (κ3) is 2.76. The minimum Gasteiger partial charge on any atom is -0.399 e. The largest absolute Gasteiger partial charge is 0.399 e. The summed E-state index contributed by atoms with van der Waals surface area (Å²) in [4.78, 5) is 1.14. The lowest BCUT2D eigenvalue weighted by atomic mass is 10.2. The molecule has 82 valence electrons. The molecular formula is C13H12FNS. The number of hydrogen-bond donors (Lipinski definition) is 1. The van der Waals surface area contributed by atoms with Gasteiger partial charge in [0.25, 0.3) is 0 Å². The van der Waals surface area contributed by atoms with E-state index in [-0.39, 0.29) is 5.82 Å². The Kier molecular flexibility index (Phi) is 3.47. The highest BCUT2D eigenvalue weighted by Gasteiger charge is 2.02. The predicted molar refractivity (Wildman–Crippen MR) is 66.8 cm³/mol. The Labute approximate surface area is 98.5 Å². The maximum Gasteiger partial charge on any atom is 0.129 e. The van der Waals surface area contributed by atoms with E-state index in [1.165, 1.54) is 6.07 Å². The normalized spacial score (nSPS) is 10.3. The molecule has 0 aliphatic rings. The van der Waals surface area contributed by atoms with E-state index in [1.54, 1.807) is 23.9 Å². The zero-order valence-corrected chi connectivity index (χ0v) is 9.51. The molecule has 0 saturated heterocycles. The van der Waals surface area contributed by atoms with Gasteiger partial charge in [-0.15, -0.1) is 11.8 Å². The lowest BCUT2D eigenvalue weighted by molar-refractivity contribution is 0.618. The first-order chi connectivity index (χ1) is 7.75. The van der Waals surface area contributed by atoms with Crippen LogP contribution in [0.4, 0.5) is 10.1 Å². The molecule has 0 fully saturated rings. The van der Waals surface area contributed by atoms with Crippen molar-refractivity contribution in [3.63, 3.8) is 0 Å². The Balaban J connectivity index is 2.05. The van der Waals surface area contributed by atoms with Crippen LogP contribution in [0.5, 0.6) is 0 Å². The number of thioether (sulfide) groups is 1. The molecule has 0 atom stereocenters. The highest BCUT2D eigenvalue weighted by Crippen LogP contribution is 2.24. The number of nitrogens with two attached hydrogens (primary N) is 1. The Morgan fingerprint density at radius 2 is 1.81 bits per heavy atom. The van der Waals surface area contributed by atoms with Crippen LogP contribution in [-0.4, -0.2) is 0 Å². The summed E-state index contributed by atoms with van der Waals surface area (Å²) in [6.45, 7) is 0. The van der Waals surface area contributed by atoms with Gasteiger partial charge in [-0.2, -0.15) is 0 Å². The van der Waals surface area contributed by atoms with Crippen LogP contribution in [0.1, 0.15) is 5.56 Å². The van der Waals surface area contributed by atoms with E-state index >= 15 is 0 Å². The topological polar surface area (TPSA) is 26.0 Å². The molecule has 0 spiro atoms. The van der Waals surface area contributed by atoms with Crippen molar-refractivity contribution in [3.05, 3.63) is 59.9 Å². The molecule has 2 aromatic rings. The van der Waals surface area contributed by atoms with Crippen LogP contribution in [-0.2, 0) is 5.75 Å². The third-order valence-corrected chi connectivity index (χ3v) is 3.28. The molecule has 3 heteroatoms. The van der Waals surface area contributed by atoms with Gasteiger partial charge in [-0.1, -0.05) is 24.3 Å². The van der Waals surface area contributed by atoms with Crippen LogP contribution in [0.2, 0.25) is 0 Å². The molecular weight excluding hydrogens is 221 g/mol. The van der Waals surface area contributed by atoms with Gasteiger partial charge in [0, 0.05) is 16.3 Å². The summed E-state index contributed by atoms with van der Waals surface area (Å²) >= 11 is 1.61. The molecule has 0 radical (unpaired) electrons. The van der Waals surface area contributed by atoms with Gasteiger partial charge >= 0.3 is 0 Å². The summed E-state index contributed by atoms with van der Waals surface area (Å²) in [6, 6.07) is 14.8. The van der Waals surface area contributed by atoms with Crippen LogP contribution >= 0.6 is 11.8 Å². The summed E-state index contributed by atoms with van der Waals surface area (Å²) in [5.41, 5.74) is 6.64. The van der Waals surface area contributed by atoms with Crippen molar-refractivity contribution in [2.75, 3.05) is 5.73 Å². The molecule has 0 unspecified atom stereocenters. The van der Waals surface area contributed by atoms with Crippen LogP contribution in [0.25, 0.3) is 0 Å². The van der Waals surface area contributed by atoms with Gasteiger partial charge in [-0.3, -0.25) is 0 Å². The van der Waals surface area contributed by atoms with Gasteiger partial charge < -0.3 is 5.73 Å². The van der Waals surface area contributed by atoms with Crippen LogP contribution in [0.3, 0.4) is 0 Å². The van der Waals surface area contributed by atoms with E-state index in [0.717, 1.165) is 4.90 Å². The fourth-order valence-electron chi connectivity index (χ4n) is 1.36. The number of halogens is 1. The van der Waals surface area contributed by atoms with Crippen molar-refractivity contribution in [1.82, 2.24) is 0 Å². The fourth-order valence-corrected chi connectivity index (χ4v) is 2.26. The lowest BCUT2D eigenvalue weighted by Gasteiger charge is -2.04. The lowest BCUT2D eigenvalue weighted by Crippen LogP contribution is -1.91. The molecule has 2 aromatic carbocycles. The van der Waals surface area contributed by atoms with Crippen molar-refractivity contribution in [2.45, 2.75) is 10.6 Å². The van der Waals surface area contributed by atoms with Gasteiger partial charge in [-0.25, -0.2) is 4.39 Å². The van der Waals surface area contributed by atoms with E-state index in [0.29, 0.717) is 17.0 Å². The first kappa shape index (κ1) is 11.0. The minimum atomic E-state index is -0.233. The van der Waals surface area contributed by atoms with Gasteiger partial charge in [0.1, 0.15) is 5.82 Å². The second-order valence-corrected chi connectivity index (χ2v) is 4.50. The summed E-state index contributed by atoms with van der Waals surface area (Å²) in [5.74, 6) is 0.388. The highest BCUT2D eigenvalue weighted by atomic mass is 32.2. The van der Waals surface area contributed by atoms with Crippen LogP contribution in [0.15, 0.2) is 53.4 Å². The Bertz CT molecular complexity index is 471. The Morgan fingerprint density at radius 3 is 2.50 bits per heavy atom. The van der Waals surface area contributed by atoms with Crippen LogP contribution in [0, 0.1) is 5.82 Å². The van der Waals surface area contributed by atoms with E-state index in [1.807, 2.05) is 30.3 Å². The summed E-state index contributed by atoms with van der Waals surface area (Å²) in [7, 11) is 0. The number of rotatable bonds is 3. The first-order valence-corrected chi connectivity index (χ1v) is 5.96. The maximum absolute atomic E-state index is 13.5. The van der Waals surface area contributed by atoms with Gasteiger partial charge in [0.05, 0.1) is 0 Å². The van der Waals surface area contributed by atoms with Crippen molar-refractivity contribution in [2.24, 2.45) is 0 Å². The fraction of sp³-hybridized carbons (Fsp3) is 0.0769. The second-order valence-electron chi connectivity index (χ2n) is 3.45. The maximum atomic E-state index is 13.5. The standard InChI is InChI=1S/C13H12FNS/c14-13-8-11(15)7-6-10(13)9-16-12-4-2-1-3-5-12/h1-8H,9,15H2. The molecule has 0 amide bonds. The van der Waals surface area contributed by atoms with Gasteiger partial charge in [0.2, 0.25) is 0 Å². The quantitative estimate of drug-likeness (QED) is 0.646. The summed E-state index contributed by atoms with van der Waals surface area (Å²) < 4.78 is 13.5. The SMILES string of the molecule is Nc1ccc(CSc2ccccc2)c(F)c1. The Morgan fingerprint density at radius 1 is 1.06 bits per heavy atom. The zero-order valence-electron chi connectivity index (χ0n) is 8.69. The molecule has 2 N–H and O–H groups in total. The average Bonchev–Trinajstić information content (AvgIpc) is 2.29. The third-order valence-electron chi connectivity index (χ3n) is 2.21. The van der Waals surface area contributed by atoms with Crippen molar-refractivity contribution in [3.8, 4) is 0 Å². The van der Waals surface area contributed by atoms with E-state index < -0.39 is 0 Å². The molecule has 0 aliphatic heterocycles. The molecule has 0 aromatic heterocycles. The number of hydrogen-bond acceptors (Lipinski definition) is 2. The molecule has 16 heavy (non-hydrogen) atoms. The minimum absolute atomic E-state index is 0.233. The summed E-state index contributed by atoms with van der Waals surface area (Å²) in [6.07, 6.45) is 0. The van der Waals surface area contributed by atoms with Crippen molar-refractivity contribution < 1.29 is 4.39 Å². The Hall–Kier alpha value is -1.48. The van der Waals surface area contributed by atoms with E-state index in [2.05, 4.69) is 0 Å². The number of anilines is 1. The van der Waals surface area contributed by atoms with Crippen molar-refractivity contribution >= 4 is 17.4 Å². The smallest absolute Gasteiger partial charge is 0.129 e. The second kappa shape index (κ2) is 5.03. The predicted octanol–water partition coefficient (Wildman–Crippen LogP) is 3.70. The summed E-state index contributed by atoms with van der Waals surface area (Å²) in [5, 5.41) is 0. The first-order valence-electron chi connectivity index (χ1n) is 4.97. The van der Waals surface area contributed by atoms with Crippen molar-refractivity contribution in [1.29, 1.82) is 0 Å². The highest BCUT2D eigenvalue weighted by molar-refractivity contribution is 7.98. The molecule has 0 aliphatic carbocycles. The van der Waals surface area contributed by atoms with Gasteiger partial charge in [0.15, 0.2) is 0 Å². The number of benzene rings is 2. The molecule has 0 saturated carbocycles. The monoisotopic (exact) mass is 233 g/mol. The van der Waals surface area contributed by atoms with E-state index in [9.17, 15) is 4.39 Å². The average molecular weight is 233 g/mol.